The van der Waals surface area contributed by atoms with E-state index in [1.54, 1.807) is 20.4 Å². The number of benzene rings is 2. The molecule has 0 aliphatic carbocycles. The van der Waals surface area contributed by atoms with Gasteiger partial charge in [-0.05, 0) is 30.3 Å². The van der Waals surface area contributed by atoms with Crippen molar-refractivity contribution in [1.82, 2.24) is 14.5 Å². The van der Waals surface area contributed by atoms with Gasteiger partial charge in [0.15, 0.2) is 0 Å². The largest absolute Gasteiger partial charge is 0.497 e. The molecule has 4 rings (SSSR count). The SMILES string of the molecule is COc1ccc(OC)c(CN2CCc3ncc(C(=O)Nc4ccccc4)n3CC2)c1. The Morgan fingerprint density at radius 1 is 1.07 bits per heavy atom. The number of anilines is 1. The Kier molecular flexibility index (Phi) is 5.99. The van der Waals surface area contributed by atoms with Crippen molar-refractivity contribution in [3.63, 3.8) is 0 Å². The van der Waals surface area contributed by atoms with E-state index in [0.29, 0.717) is 12.2 Å². The van der Waals surface area contributed by atoms with Crippen molar-refractivity contribution < 1.29 is 14.3 Å². The van der Waals surface area contributed by atoms with E-state index < -0.39 is 0 Å². The van der Waals surface area contributed by atoms with Crippen LogP contribution in [0, 0.1) is 0 Å². The summed E-state index contributed by atoms with van der Waals surface area (Å²) in [5, 5.41) is 2.95. The molecule has 0 bridgehead atoms. The first-order valence-corrected chi connectivity index (χ1v) is 10.0. The summed E-state index contributed by atoms with van der Waals surface area (Å²) in [7, 11) is 3.35. The van der Waals surface area contributed by atoms with E-state index in [1.165, 1.54) is 0 Å². The second-order valence-corrected chi connectivity index (χ2v) is 7.24. The van der Waals surface area contributed by atoms with Crippen molar-refractivity contribution in [2.75, 3.05) is 32.6 Å². The van der Waals surface area contributed by atoms with Crippen LogP contribution in [-0.4, -0.2) is 47.7 Å². The van der Waals surface area contributed by atoms with Gasteiger partial charge >= 0.3 is 0 Å². The second-order valence-electron chi connectivity index (χ2n) is 7.24. The van der Waals surface area contributed by atoms with E-state index in [-0.39, 0.29) is 5.91 Å². The zero-order valence-corrected chi connectivity index (χ0v) is 17.3. The van der Waals surface area contributed by atoms with Gasteiger partial charge in [-0.25, -0.2) is 4.98 Å². The highest BCUT2D eigenvalue weighted by Crippen LogP contribution is 2.26. The third kappa shape index (κ3) is 4.31. The standard InChI is InChI=1S/C23H26N4O3/c1-29-19-8-9-21(30-2)17(14-19)16-26-11-10-22-24-15-20(27(22)13-12-26)23(28)25-18-6-4-3-5-7-18/h3-9,14-15H,10-13,16H2,1-2H3,(H,25,28). The van der Waals surface area contributed by atoms with E-state index in [4.69, 9.17) is 9.47 Å². The van der Waals surface area contributed by atoms with Crippen LogP contribution in [0.4, 0.5) is 5.69 Å². The lowest BCUT2D eigenvalue weighted by Gasteiger charge is -2.21. The van der Waals surface area contributed by atoms with Crippen molar-refractivity contribution in [3.8, 4) is 11.5 Å². The van der Waals surface area contributed by atoms with Crippen LogP contribution in [-0.2, 0) is 19.5 Å². The molecule has 0 fully saturated rings. The van der Waals surface area contributed by atoms with Crippen LogP contribution in [0.3, 0.4) is 0 Å². The average Bonchev–Trinajstić information content (AvgIpc) is 3.09. The molecule has 1 amide bonds. The van der Waals surface area contributed by atoms with Crippen molar-refractivity contribution in [1.29, 1.82) is 0 Å². The summed E-state index contributed by atoms with van der Waals surface area (Å²) in [6.07, 6.45) is 2.46. The number of methoxy groups -OCH3 is 2. The summed E-state index contributed by atoms with van der Waals surface area (Å²) >= 11 is 0. The first-order chi connectivity index (χ1) is 14.7. The molecule has 7 nitrogen and oxygen atoms in total. The number of fused-ring (bicyclic) bond motifs is 1. The molecule has 2 heterocycles. The minimum atomic E-state index is -0.136. The monoisotopic (exact) mass is 406 g/mol. The smallest absolute Gasteiger partial charge is 0.273 e. The highest BCUT2D eigenvalue weighted by molar-refractivity contribution is 6.03. The molecule has 0 atom stereocenters. The molecule has 156 valence electrons. The van der Waals surface area contributed by atoms with Crippen molar-refractivity contribution in [2.45, 2.75) is 19.5 Å². The number of nitrogens with zero attached hydrogens (tertiary/aromatic N) is 3. The number of amides is 1. The van der Waals surface area contributed by atoms with E-state index >= 15 is 0 Å². The first kappa shape index (κ1) is 20.0. The number of hydrogen-bond donors (Lipinski definition) is 1. The predicted molar refractivity (Wildman–Crippen MR) is 115 cm³/mol. The fourth-order valence-corrected chi connectivity index (χ4v) is 3.78. The summed E-state index contributed by atoms with van der Waals surface area (Å²) < 4.78 is 12.9. The summed E-state index contributed by atoms with van der Waals surface area (Å²) in [6, 6.07) is 15.3. The van der Waals surface area contributed by atoms with Crippen LogP contribution < -0.4 is 14.8 Å². The summed E-state index contributed by atoms with van der Waals surface area (Å²) in [6.45, 7) is 3.13. The number of carbonyl (C=O) groups excluding carboxylic acids is 1. The maximum Gasteiger partial charge on any atom is 0.273 e. The van der Waals surface area contributed by atoms with Gasteiger partial charge in [0.25, 0.3) is 5.91 Å². The first-order valence-electron chi connectivity index (χ1n) is 10.0. The third-order valence-corrected chi connectivity index (χ3v) is 5.38. The van der Waals surface area contributed by atoms with Gasteiger partial charge in [0.1, 0.15) is 23.0 Å². The number of hydrogen-bond acceptors (Lipinski definition) is 5. The molecule has 7 heteroatoms. The number of carbonyl (C=O) groups is 1. The molecule has 1 N–H and O–H groups in total. The van der Waals surface area contributed by atoms with E-state index in [1.807, 2.05) is 53.1 Å². The Labute approximate surface area is 176 Å². The van der Waals surface area contributed by atoms with Crippen molar-refractivity contribution >= 4 is 11.6 Å². The van der Waals surface area contributed by atoms with Crippen molar-refractivity contribution in [3.05, 3.63) is 71.8 Å². The van der Waals surface area contributed by atoms with Crippen molar-refractivity contribution in [2.24, 2.45) is 0 Å². The van der Waals surface area contributed by atoms with Crippen LogP contribution >= 0.6 is 0 Å². The molecule has 1 aliphatic rings. The van der Waals surface area contributed by atoms with Crippen LogP contribution in [0.1, 0.15) is 21.9 Å². The van der Waals surface area contributed by atoms with Gasteiger partial charge in [-0.2, -0.15) is 0 Å². The minimum Gasteiger partial charge on any atom is -0.497 e. The molecular weight excluding hydrogens is 380 g/mol. The van der Waals surface area contributed by atoms with Gasteiger partial charge in [0, 0.05) is 43.9 Å². The summed E-state index contributed by atoms with van der Waals surface area (Å²) in [5.41, 5.74) is 2.45. The maximum atomic E-state index is 12.8. The summed E-state index contributed by atoms with van der Waals surface area (Å²) in [5.74, 6) is 2.46. The molecule has 1 aromatic heterocycles. The second kappa shape index (κ2) is 9.00. The van der Waals surface area contributed by atoms with Gasteiger partial charge in [0.2, 0.25) is 0 Å². The topological polar surface area (TPSA) is 68.6 Å². The molecule has 0 unspecified atom stereocenters. The lowest BCUT2D eigenvalue weighted by atomic mass is 10.1. The highest BCUT2D eigenvalue weighted by Gasteiger charge is 2.22. The number of nitrogens with one attached hydrogen (secondary N) is 1. The van der Waals surface area contributed by atoms with Gasteiger partial charge in [-0.3, -0.25) is 9.69 Å². The van der Waals surface area contributed by atoms with Gasteiger partial charge in [-0.15, -0.1) is 0 Å². The number of para-hydroxylation sites is 1. The van der Waals surface area contributed by atoms with Crippen LogP contribution in [0.25, 0.3) is 0 Å². The van der Waals surface area contributed by atoms with Crippen LogP contribution in [0.5, 0.6) is 11.5 Å². The van der Waals surface area contributed by atoms with Crippen LogP contribution in [0.2, 0.25) is 0 Å². The lowest BCUT2D eigenvalue weighted by Crippen LogP contribution is -2.27. The Morgan fingerprint density at radius 3 is 2.67 bits per heavy atom. The minimum absolute atomic E-state index is 0.136. The fourth-order valence-electron chi connectivity index (χ4n) is 3.78. The Morgan fingerprint density at radius 2 is 1.90 bits per heavy atom. The molecule has 0 saturated carbocycles. The van der Waals surface area contributed by atoms with E-state index in [9.17, 15) is 4.79 Å². The predicted octanol–water partition coefficient (Wildman–Crippen LogP) is 3.21. The molecule has 1 aliphatic heterocycles. The van der Waals surface area contributed by atoms with Gasteiger partial charge in [0.05, 0.1) is 20.4 Å². The molecule has 3 aromatic rings. The Balaban J connectivity index is 1.46. The number of imidazole rings is 1. The zero-order valence-electron chi connectivity index (χ0n) is 17.3. The molecular formula is C23H26N4O3. The Hall–Kier alpha value is -3.32. The number of rotatable bonds is 6. The maximum absolute atomic E-state index is 12.8. The van der Waals surface area contributed by atoms with E-state index in [0.717, 1.165) is 54.6 Å². The normalized spacial score (nSPS) is 13.9. The number of aromatic nitrogens is 2. The third-order valence-electron chi connectivity index (χ3n) is 5.38. The molecule has 2 aromatic carbocycles. The summed E-state index contributed by atoms with van der Waals surface area (Å²) in [4.78, 5) is 19.6. The van der Waals surface area contributed by atoms with Gasteiger partial charge < -0.3 is 19.4 Å². The highest BCUT2D eigenvalue weighted by atomic mass is 16.5. The zero-order chi connectivity index (χ0) is 20.9. The Bertz CT molecular complexity index is 1020. The number of ether oxygens (including phenoxy) is 2. The molecule has 0 saturated heterocycles. The lowest BCUT2D eigenvalue weighted by molar-refractivity contribution is 0.101. The quantitative estimate of drug-likeness (QED) is 0.681. The molecule has 0 spiro atoms. The van der Waals surface area contributed by atoms with E-state index in [2.05, 4.69) is 15.2 Å². The molecule has 30 heavy (non-hydrogen) atoms. The molecule has 0 radical (unpaired) electrons. The van der Waals surface area contributed by atoms with Gasteiger partial charge in [-0.1, -0.05) is 18.2 Å². The fraction of sp³-hybridized carbons (Fsp3) is 0.304. The average molecular weight is 406 g/mol. The van der Waals surface area contributed by atoms with Crippen LogP contribution in [0.15, 0.2) is 54.7 Å².